The predicted octanol–water partition coefficient (Wildman–Crippen LogP) is 3.56. The van der Waals surface area contributed by atoms with E-state index in [1.165, 1.54) is 32.4 Å². The molecule has 1 fully saturated rings. The fourth-order valence-corrected chi connectivity index (χ4v) is 2.91. The predicted molar refractivity (Wildman–Crippen MR) is 85.6 cm³/mol. The van der Waals surface area contributed by atoms with E-state index in [-0.39, 0.29) is 5.54 Å². The summed E-state index contributed by atoms with van der Waals surface area (Å²) in [4.78, 5) is 2.58. The molecule has 0 spiro atoms. The molecule has 1 rings (SSSR count). The highest BCUT2D eigenvalue weighted by molar-refractivity contribution is 5.03. The lowest BCUT2D eigenvalue weighted by molar-refractivity contribution is 0.112. The third-order valence-electron chi connectivity index (χ3n) is 5.08. The number of hydrogen-bond acceptors (Lipinski definition) is 3. The maximum absolute atomic E-state index is 9.32. The molecule has 0 aliphatic carbocycles. The maximum Gasteiger partial charge on any atom is 0.103 e. The van der Waals surface area contributed by atoms with Crippen LogP contribution in [0.4, 0.5) is 0 Å². The quantitative estimate of drug-likeness (QED) is 0.738. The van der Waals surface area contributed by atoms with Crippen molar-refractivity contribution >= 4 is 0 Å². The summed E-state index contributed by atoms with van der Waals surface area (Å²) in [5, 5.41) is 12.7. The van der Waals surface area contributed by atoms with Gasteiger partial charge >= 0.3 is 0 Å². The number of rotatable bonds is 8. The number of nitriles is 1. The van der Waals surface area contributed by atoms with Gasteiger partial charge in [0.15, 0.2) is 0 Å². The van der Waals surface area contributed by atoms with Crippen molar-refractivity contribution < 1.29 is 0 Å². The Hall–Kier alpha value is -0.590. The second kappa shape index (κ2) is 8.00. The van der Waals surface area contributed by atoms with Crippen LogP contribution in [0.3, 0.4) is 0 Å². The molecule has 1 heterocycles. The van der Waals surface area contributed by atoms with Crippen molar-refractivity contribution in [3.05, 3.63) is 0 Å². The minimum absolute atomic E-state index is 0.344. The zero-order chi connectivity index (χ0) is 15.1. The molecular formula is C17H33N3. The molecule has 1 aliphatic heterocycles. The molecule has 1 N–H and O–H groups in total. The van der Waals surface area contributed by atoms with E-state index in [1.807, 2.05) is 6.92 Å². The van der Waals surface area contributed by atoms with Crippen molar-refractivity contribution in [2.75, 3.05) is 26.2 Å². The first-order valence-electron chi connectivity index (χ1n) is 8.35. The summed E-state index contributed by atoms with van der Waals surface area (Å²) in [5.41, 5.74) is 0.226. The van der Waals surface area contributed by atoms with Gasteiger partial charge in [-0.1, -0.05) is 27.2 Å². The number of piperidine rings is 1. The average Bonchev–Trinajstić information content (AvgIpc) is 2.47. The Morgan fingerprint density at radius 2 is 1.95 bits per heavy atom. The van der Waals surface area contributed by atoms with E-state index < -0.39 is 0 Å². The number of nitrogens with zero attached hydrogens (tertiary/aromatic N) is 2. The molecule has 1 unspecified atom stereocenters. The van der Waals surface area contributed by atoms with E-state index in [1.54, 1.807) is 0 Å². The van der Waals surface area contributed by atoms with Crippen LogP contribution in [-0.2, 0) is 0 Å². The van der Waals surface area contributed by atoms with Gasteiger partial charge < -0.3 is 4.90 Å². The Morgan fingerprint density at radius 3 is 2.45 bits per heavy atom. The summed E-state index contributed by atoms with van der Waals surface area (Å²) in [6.45, 7) is 13.5. The molecule has 3 heteroatoms. The Labute approximate surface area is 125 Å². The Balaban J connectivity index is 2.26. The van der Waals surface area contributed by atoms with E-state index in [0.29, 0.717) is 5.41 Å². The maximum atomic E-state index is 9.32. The average molecular weight is 279 g/mol. The highest BCUT2D eigenvalue weighted by Gasteiger charge is 2.28. The molecule has 0 aromatic heterocycles. The van der Waals surface area contributed by atoms with Gasteiger partial charge in [0.2, 0.25) is 0 Å². The van der Waals surface area contributed by atoms with Crippen molar-refractivity contribution in [1.29, 1.82) is 5.26 Å². The van der Waals surface area contributed by atoms with Gasteiger partial charge in [0.25, 0.3) is 0 Å². The van der Waals surface area contributed by atoms with Gasteiger partial charge in [-0.2, -0.15) is 5.26 Å². The normalized spacial score (nSPS) is 22.1. The molecule has 1 aliphatic rings. The Bertz CT molecular complexity index is 313. The molecule has 20 heavy (non-hydrogen) atoms. The lowest BCUT2D eigenvalue weighted by Gasteiger charge is -2.39. The molecule has 0 saturated carbocycles. The third kappa shape index (κ3) is 5.42. The summed E-state index contributed by atoms with van der Waals surface area (Å²) in [5.74, 6) is 0. The van der Waals surface area contributed by atoms with Crippen LogP contribution in [0.25, 0.3) is 0 Å². The van der Waals surface area contributed by atoms with Gasteiger partial charge in [-0.25, -0.2) is 0 Å². The van der Waals surface area contributed by atoms with E-state index in [9.17, 15) is 5.26 Å². The number of likely N-dealkylation sites (tertiary alicyclic amines) is 1. The van der Waals surface area contributed by atoms with E-state index >= 15 is 0 Å². The molecule has 1 atom stereocenters. The zero-order valence-corrected chi connectivity index (χ0v) is 14.0. The zero-order valence-electron chi connectivity index (χ0n) is 14.0. The Kier molecular flexibility index (Phi) is 6.99. The number of hydrogen-bond donors (Lipinski definition) is 1. The van der Waals surface area contributed by atoms with Crippen molar-refractivity contribution in [2.45, 2.75) is 71.8 Å². The fraction of sp³-hybridized carbons (Fsp3) is 0.941. The number of nitrogens with one attached hydrogen (secondary N) is 1. The molecule has 0 radical (unpaired) electrons. The Morgan fingerprint density at radius 1 is 1.30 bits per heavy atom. The first kappa shape index (κ1) is 17.5. The van der Waals surface area contributed by atoms with Crippen LogP contribution in [0.1, 0.15) is 66.2 Å². The van der Waals surface area contributed by atoms with Gasteiger partial charge in [-0.05, 0) is 70.6 Å². The van der Waals surface area contributed by atoms with E-state index in [4.69, 9.17) is 0 Å². The van der Waals surface area contributed by atoms with Crippen molar-refractivity contribution in [2.24, 2.45) is 5.41 Å². The topological polar surface area (TPSA) is 39.1 Å². The van der Waals surface area contributed by atoms with Gasteiger partial charge in [-0.15, -0.1) is 0 Å². The molecule has 1 saturated heterocycles. The van der Waals surface area contributed by atoms with E-state index in [0.717, 1.165) is 32.4 Å². The van der Waals surface area contributed by atoms with Crippen molar-refractivity contribution in [3.8, 4) is 6.07 Å². The van der Waals surface area contributed by atoms with Crippen LogP contribution in [0, 0.1) is 16.7 Å². The first-order valence-corrected chi connectivity index (χ1v) is 8.35. The second-order valence-corrected chi connectivity index (χ2v) is 6.98. The van der Waals surface area contributed by atoms with Gasteiger partial charge in [-0.3, -0.25) is 5.32 Å². The van der Waals surface area contributed by atoms with Gasteiger partial charge in [0, 0.05) is 0 Å². The smallest absolute Gasteiger partial charge is 0.103 e. The van der Waals surface area contributed by atoms with E-state index in [2.05, 4.69) is 37.1 Å². The lowest BCUT2D eigenvalue weighted by Crippen LogP contribution is -2.43. The molecule has 3 nitrogen and oxygen atoms in total. The summed E-state index contributed by atoms with van der Waals surface area (Å²) in [6.07, 6.45) is 7.10. The monoisotopic (exact) mass is 279 g/mol. The molecule has 0 bridgehead atoms. The molecular weight excluding hydrogens is 246 g/mol. The molecule has 0 aromatic rings. The summed E-state index contributed by atoms with van der Waals surface area (Å²) >= 11 is 0. The van der Waals surface area contributed by atoms with Crippen LogP contribution in [0.15, 0.2) is 0 Å². The SMILES string of the molecule is CCCNC(C)(C#N)CCCN1CCC(C)(CC)CC1. The standard InChI is InChI=1S/C17H33N3/c1-5-11-19-17(4,15-18)8-7-12-20-13-9-16(3,6-2)10-14-20/h19H,5-14H2,1-4H3. The second-order valence-electron chi connectivity index (χ2n) is 6.98. The van der Waals surface area contributed by atoms with Crippen LogP contribution in [0.2, 0.25) is 0 Å². The largest absolute Gasteiger partial charge is 0.303 e. The van der Waals surface area contributed by atoms with Crippen molar-refractivity contribution in [3.63, 3.8) is 0 Å². The summed E-state index contributed by atoms with van der Waals surface area (Å²) in [6, 6.07) is 2.44. The lowest BCUT2D eigenvalue weighted by atomic mass is 9.78. The minimum Gasteiger partial charge on any atom is -0.303 e. The highest BCUT2D eigenvalue weighted by Crippen LogP contribution is 2.33. The molecule has 0 amide bonds. The summed E-state index contributed by atoms with van der Waals surface area (Å²) in [7, 11) is 0. The third-order valence-corrected chi connectivity index (χ3v) is 5.08. The van der Waals surface area contributed by atoms with Gasteiger partial charge in [0.1, 0.15) is 5.54 Å². The summed E-state index contributed by atoms with van der Waals surface area (Å²) < 4.78 is 0. The van der Waals surface area contributed by atoms with Gasteiger partial charge in [0.05, 0.1) is 6.07 Å². The van der Waals surface area contributed by atoms with Crippen LogP contribution >= 0.6 is 0 Å². The fourth-order valence-electron chi connectivity index (χ4n) is 2.91. The molecule has 0 aromatic carbocycles. The van der Waals surface area contributed by atoms with Crippen molar-refractivity contribution in [1.82, 2.24) is 10.2 Å². The first-order chi connectivity index (χ1) is 9.47. The van der Waals surface area contributed by atoms with Crippen LogP contribution < -0.4 is 5.32 Å². The molecule has 116 valence electrons. The van der Waals surface area contributed by atoms with Crippen LogP contribution in [-0.4, -0.2) is 36.6 Å². The minimum atomic E-state index is -0.344. The highest BCUT2D eigenvalue weighted by atomic mass is 15.1. The van der Waals surface area contributed by atoms with Crippen LogP contribution in [0.5, 0.6) is 0 Å².